The summed E-state index contributed by atoms with van der Waals surface area (Å²) < 4.78 is 0. The zero-order valence-corrected chi connectivity index (χ0v) is 13.4. The summed E-state index contributed by atoms with van der Waals surface area (Å²) in [6.07, 6.45) is 7.68. The zero-order chi connectivity index (χ0) is 15.2. The molecule has 0 bridgehead atoms. The minimum atomic E-state index is 0.00989. The predicted molar refractivity (Wildman–Crippen MR) is 85.0 cm³/mol. The number of likely N-dealkylation sites (N-methyl/N-ethyl adjacent to an activating group) is 1. The van der Waals surface area contributed by atoms with E-state index in [0.717, 1.165) is 17.7 Å². The first kappa shape index (κ1) is 16.0. The maximum Gasteiger partial charge on any atom is 0.234 e. The fourth-order valence-electron chi connectivity index (χ4n) is 3.17. The third kappa shape index (κ3) is 4.27. The van der Waals surface area contributed by atoms with Crippen molar-refractivity contribution in [3.63, 3.8) is 0 Å². The number of aryl methyl sites for hydroxylation is 1. The predicted octanol–water partition coefficient (Wildman–Crippen LogP) is 2.83. The number of carbonyl (C=O) groups excluding carboxylic acids is 1. The molecule has 4 heteroatoms. The van der Waals surface area contributed by atoms with Crippen LogP contribution in [-0.4, -0.2) is 35.4 Å². The molecule has 1 aliphatic rings. The van der Waals surface area contributed by atoms with E-state index in [1.54, 1.807) is 6.20 Å². The first-order chi connectivity index (χ1) is 10.1. The lowest BCUT2D eigenvalue weighted by Gasteiger charge is -2.25. The van der Waals surface area contributed by atoms with Crippen LogP contribution in [0.3, 0.4) is 0 Å². The van der Waals surface area contributed by atoms with Gasteiger partial charge in [0.2, 0.25) is 5.91 Å². The van der Waals surface area contributed by atoms with Gasteiger partial charge in [-0.25, -0.2) is 0 Å². The normalized spacial score (nSPS) is 17.1. The van der Waals surface area contributed by atoms with Gasteiger partial charge in [0, 0.05) is 12.2 Å². The smallest absolute Gasteiger partial charge is 0.234 e. The Kier molecular flexibility index (Phi) is 5.74. The largest absolute Gasteiger partial charge is 0.347 e. The van der Waals surface area contributed by atoms with Crippen LogP contribution in [0, 0.1) is 6.92 Å². The van der Waals surface area contributed by atoms with E-state index in [9.17, 15) is 4.79 Å². The van der Waals surface area contributed by atoms with E-state index in [-0.39, 0.29) is 11.9 Å². The van der Waals surface area contributed by atoms with Gasteiger partial charge in [0.05, 0.1) is 18.3 Å². The van der Waals surface area contributed by atoms with Crippen LogP contribution >= 0.6 is 0 Å². The second kappa shape index (κ2) is 7.55. The number of pyridine rings is 1. The van der Waals surface area contributed by atoms with E-state index >= 15 is 0 Å². The number of amides is 1. The standard InChI is InChI=1S/C17H27N3O/c1-4-15(17-13(2)8-7-11-18-17)19-16(21)12-20(3)14-9-5-6-10-14/h7-8,11,14-15H,4-6,9-10,12H2,1-3H3,(H,19,21). The average Bonchev–Trinajstić information content (AvgIpc) is 3.00. The molecule has 0 aliphatic heterocycles. The Bertz CT molecular complexity index is 469. The third-order valence-electron chi connectivity index (χ3n) is 4.46. The second-order valence-corrected chi connectivity index (χ2v) is 6.09. The molecule has 1 aromatic heterocycles. The zero-order valence-electron chi connectivity index (χ0n) is 13.4. The SMILES string of the molecule is CCC(NC(=O)CN(C)C1CCCC1)c1ncccc1C. The van der Waals surface area contributed by atoms with Crippen molar-refractivity contribution in [2.75, 3.05) is 13.6 Å². The van der Waals surface area contributed by atoms with Gasteiger partial charge in [0.1, 0.15) is 0 Å². The van der Waals surface area contributed by atoms with Crippen LogP contribution in [0.1, 0.15) is 56.3 Å². The Morgan fingerprint density at radius 2 is 2.19 bits per heavy atom. The number of rotatable bonds is 6. The lowest BCUT2D eigenvalue weighted by Crippen LogP contribution is -2.41. The maximum atomic E-state index is 12.3. The van der Waals surface area contributed by atoms with Gasteiger partial charge in [-0.2, -0.15) is 0 Å². The number of nitrogens with one attached hydrogen (secondary N) is 1. The fourth-order valence-corrected chi connectivity index (χ4v) is 3.17. The number of aromatic nitrogens is 1. The molecule has 0 radical (unpaired) electrons. The Balaban J connectivity index is 1.92. The van der Waals surface area contributed by atoms with Crippen LogP contribution < -0.4 is 5.32 Å². The van der Waals surface area contributed by atoms with Crippen molar-refractivity contribution in [1.82, 2.24) is 15.2 Å². The van der Waals surface area contributed by atoms with E-state index in [2.05, 4.69) is 29.2 Å². The van der Waals surface area contributed by atoms with Gasteiger partial charge in [0.15, 0.2) is 0 Å². The number of hydrogen-bond donors (Lipinski definition) is 1. The van der Waals surface area contributed by atoms with Crippen LogP contribution in [0.2, 0.25) is 0 Å². The molecule has 2 rings (SSSR count). The molecular formula is C17H27N3O. The van der Waals surface area contributed by atoms with Crippen molar-refractivity contribution in [1.29, 1.82) is 0 Å². The molecule has 1 N–H and O–H groups in total. The van der Waals surface area contributed by atoms with Crippen LogP contribution in [0.4, 0.5) is 0 Å². The van der Waals surface area contributed by atoms with Crippen molar-refractivity contribution in [2.24, 2.45) is 0 Å². The van der Waals surface area contributed by atoms with E-state index < -0.39 is 0 Å². The molecule has 0 spiro atoms. The quantitative estimate of drug-likeness (QED) is 0.876. The van der Waals surface area contributed by atoms with E-state index in [1.165, 1.54) is 25.7 Å². The van der Waals surface area contributed by atoms with E-state index in [4.69, 9.17) is 0 Å². The van der Waals surface area contributed by atoms with Crippen LogP contribution in [0.15, 0.2) is 18.3 Å². The molecule has 1 fully saturated rings. The van der Waals surface area contributed by atoms with Crippen LogP contribution in [0.25, 0.3) is 0 Å². The summed E-state index contributed by atoms with van der Waals surface area (Å²) in [5, 5.41) is 3.14. The molecule has 1 aliphatic carbocycles. The molecule has 1 heterocycles. The lowest BCUT2D eigenvalue weighted by atomic mass is 10.1. The Labute approximate surface area is 127 Å². The summed E-state index contributed by atoms with van der Waals surface area (Å²) in [5.74, 6) is 0.0984. The summed E-state index contributed by atoms with van der Waals surface area (Å²) in [4.78, 5) is 18.9. The first-order valence-corrected chi connectivity index (χ1v) is 8.03. The van der Waals surface area contributed by atoms with Crippen molar-refractivity contribution in [2.45, 2.75) is 58.0 Å². The molecule has 1 atom stereocenters. The molecule has 116 valence electrons. The van der Waals surface area contributed by atoms with Gasteiger partial charge in [0.25, 0.3) is 0 Å². The highest BCUT2D eigenvalue weighted by molar-refractivity contribution is 5.78. The molecule has 1 amide bonds. The summed E-state index contributed by atoms with van der Waals surface area (Å²) >= 11 is 0. The van der Waals surface area contributed by atoms with Gasteiger partial charge < -0.3 is 5.32 Å². The monoisotopic (exact) mass is 289 g/mol. The Hall–Kier alpha value is -1.42. The van der Waals surface area contributed by atoms with Gasteiger partial charge >= 0.3 is 0 Å². The highest BCUT2D eigenvalue weighted by Gasteiger charge is 2.22. The third-order valence-corrected chi connectivity index (χ3v) is 4.46. The summed E-state index contributed by atoms with van der Waals surface area (Å²) in [6, 6.07) is 4.56. The van der Waals surface area contributed by atoms with Gasteiger partial charge in [-0.15, -0.1) is 0 Å². The lowest BCUT2D eigenvalue weighted by molar-refractivity contribution is -0.123. The van der Waals surface area contributed by atoms with E-state index in [1.807, 2.05) is 19.1 Å². The molecule has 21 heavy (non-hydrogen) atoms. The number of carbonyl (C=O) groups is 1. The molecule has 4 nitrogen and oxygen atoms in total. The molecule has 0 aromatic carbocycles. The first-order valence-electron chi connectivity index (χ1n) is 8.03. The minimum absolute atomic E-state index is 0.00989. The van der Waals surface area contributed by atoms with Crippen molar-refractivity contribution < 1.29 is 4.79 Å². The Morgan fingerprint density at radius 3 is 2.81 bits per heavy atom. The van der Waals surface area contributed by atoms with E-state index in [0.29, 0.717) is 12.6 Å². The average molecular weight is 289 g/mol. The Morgan fingerprint density at radius 1 is 1.48 bits per heavy atom. The van der Waals surface area contributed by atoms with Gasteiger partial charge in [-0.05, 0) is 44.9 Å². The molecule has 1 saturated carbocycles. The highest BCUT2D eigenvalue weighted by Crippen LogP contribution is 2.22. The van der Waals surface area contributed by atoms with Crippen LogP contribution in [0.5, 0.6) is 0 Å². The molecule has 1 unspecified atom stereocenters. The number of nitrogens with zero attached hydrogens (tertiary/aromatic N) is 2. The summed E-state index contributed by atoms with van der Waals surface area (Å²) in [5.41, 5.74) is 2.12. The fraction of sp³-hybridized carbons (Fsp3) is 0.647. The van der Waals surface area contributed by atoms with Crippen molar-refractivity contribution in [3.8, 4) is 0 Å². The minimum Gasteiger partial charge on any atom is -0.347 e. The molecular weight excluding hydrogens is 262 g/mol. The molecule has 0 saturated heterocycles. The highest BCUT2D eigenvalue weighted by atomic mass is 16.2. The topological polar surface area (TPSA) is 45.2 Å². The summed E-state index contributed by atoms with van der Waals surface area (Å²) in [6.45, 7) is 4.61. The van der Waals surface area contributed by atoms with Gasteiger partial charge in [-0.1, -0.05) is 25.8 Å². The molecule has 1 aromatic rings. The van der Waals surface area contributed by atoms with Crippen molar-refractivity contribution >= 4 is 5.91 Å². The second-order valence-electron chi connectivity index (χ2n) is 6.09. The van der Waals surface area contributed by atoms with Gasteiger partial charge in [-0.3, -0.25) is 14.7 Å². The number of hydrogen-bond acceptors (Lipinski definition) is 3. The van der Waals surface area contributed by atoms with Crippen LogP contribution in [-0.2, 0) is 4.79 Å². The van der Waals surface area contributed by atoms with Crippen molar-refractivity contribution in [3.05, 3.63) is 29.6 Å². The summed E-state index contributed by atoms with van der Waals surface area (Å²) in [7, 11) is 2.06. The maximum absolute atomic E-state index is 12.3.